The van der Waals surface area contributed by atoms with Crippen molar-refractivity contribution in [2.45, 2.75) is 42.7 Å². The van der Waals surface area contributed by atoms with Crippen LogP contribution in [0, 0.1) is 0 Å². The number of aromatic nitrogens is 3. The monoisotopic (exact) mass is 498 g/mol. The topological polar surface area (TPSA) is 136 Å². The number of hydrogen-bond donors (Lipinski definition) is 2. The summed E-state index contributed by atoms with van der Waals surface area (Å²) in [6, 6.07) is 2.51. The molecule has 1 aliphatic carbocycles. The summed E-state index contributed by atoms with van der Waals surface area (Å²) in [7, 11) is -5.40. The average Bonchev–Trinajstić information content (AvgIpc) is 3.09. The van der Waals surface area contributed by atoms with Crippen molar-refractivity contribution in [1.29, 1.82) is 0 Å². The van der Waals surface area contributed by atoms with E-state index in [0.717, 1.165) is 11.9 Å². The molecule has 2 aliphatic rings. The highest BCUT2D eigenvalue weighted by atomic mass is 32.2. The van der Waals surface area contributed by atoms with Gasteiger partial charge in [0.1, 0.15) is 10.7 Å². The highest BCUT2D eigenvalue weighted by molar-refractivity contribution is 7.89. The molecular formula is C20H30N6O5S2. The first kappa shape index (κ1) is 24.1. The average molecular weight is 499 g/mol. The minimum atomic E-state index is -3.86. The van der Waals surface area contributed by atoms with Gasteiger partial charge >= 0.3 is 0 Å². The molecule has 33 heavy (non-hydrogen) atoms. The third-order valence-electron chi connectivity index (χ3n) is 6.17. The Hall–Kier alpha value is -2.06. The second-order valence-corrected chi connectivity index (χ2v) is 12.2. The van der Waals surface area contributed by atoms with E-state index in [1.807, 2.05) is 17.9 Å². The fraction of sp³-hybridized carbons (Fsp3) is 0.600. The standard InChI is InChI=1S/C20H30N6O5S2/c1-25-19(18(12-23-25)15-4-3-5-15)13-22-20-7-6-17(11-21-20)33(29,30)26-8-9-31-14-16(26)10-24-32(2,27)28/h6-7,11-12,15-16,24H,3-5,8-10,13-14H2,1-2H3,(H,21,22). The van der Waals surface area contributed by atoms with E-state index in [9.17, 15) is 16.8 Å². The highest BCUT2D eigenvalue weighted by Crippen LogP contribution is 2.37. The summed E-state index contributed by atoms with van der Waals surface area (Å²) in [4.78, 5) is 4.35. The zero-order chi connectivity index (χ0) is 23.6. The molecule has 0 radical (unpaired) electrons. The van der Waals surface area contributed by atoms with Crippen LogP contribution in [0.2, 0.25) is 0 Å². The lowest BCUT2D eigenvalue weighted by atomic mass is 9.80. The molecule has 2 N–H and O–H groups in total. The van der Waals surface area contributed by atoms with Gasteiger partial charge in [-0.2, -0.15) is 9.40 Å². The predicted octanol–water partition coefficient (Wildman–Crippen LogP) is 0.633. The number of rotatable bonds is 9. The Labute approximate surface area is 194 Å². The van der Waals surface area contributed by atoms with Crippen LogP contribution in [0.4, 0.5) is 5.82 Å². The van der Waals surface area contributed by atoms with Crippen molar-refractivity contribution < 1.29 is 21.6 Å². The van der Waals surface area contributed by atoms with Gasteiger partial charge in [-0.3, -0.25) is 4.68 Å². The predicted molar refractivity (Wildman–Crippen MR) is 123 cm³/mol. The maximum absolute atomic E-state index is 13.2. The number of nitrogens with zero attached hydrogens (tertiary/aromatic N) is 4. The van der Waals surface area contributed by atoms with Crippen LogP contribution in [-0.2, 0) is 38.4 Å². The van der Waals surface area contributed by atoms with Gasteiger partial charge < -0.3 is 10.1 Å². The first-order chi connectivity index (χ1) is 15.6. The fourth-order valence-corrected chi connectivity index (χ4v) is 6.10. The summed E-state index contributed by atoms with van der Waals surface area (Å²) in [6.07, 6.45) is 7.91. The first-order valence-electron chi connectivity index (χ1n) is 10.9. The number of aryl methyl sites for hydroxylation is 1. The van der Waals surface area contributed by atoms with Crippen LogP contribution in [0.5, 0.6) is 0 Å². The van der Waals surface area contributed by atoms with Crippen molar-refractivity contribution in [3.05, 3.63) is 35.8 Å². The Morgan fingerprint density at radius 1 is 1.18 bits per heavy atom. The summed E-state index contributed by atoms with van der Waals surface area (Å²) in [6.45, 7) is 0.991. The molecule has 2 fully saturated rings. The number of sulfonamides is 2. The summed E-state index contributed by atoms with van der Waals surface area (Å²) >= 11 is 0. The molecule has 1 saturated heterocycles. The van der Waals surface area contributed by atoms with E-state index in [-0.39, 0.29) is 31.2 Å². The van der Waals surface area contributed by atoms with Crippen molar-refractivity contribution in [1.82, 2.24) is 23.8 Å². The van der Waals surface area contributed by atoms with Gasteiger partial charge in [0.05, 0.1) is 43.9 Å². The Morgan fingerprint density at radius 3 is 2.61 bits per heavy atom. The Balaban J connectivity index is 1.44. The van der Waals surface area contributed by atoms with Crippen LogP contribution in [0.25, 0.3) is 0 Å². The van der Waals surface area contributed by atoms with Crippen molar-refractivity contribution in [3.8, 4) is 0 Å². The van der Waals surface area contributed by atoms with E-state index < -0.39 is 26.1 Å². The van der Waals surface area contributed by atoms with Gasteiger partial charge in [-0.15, -0.1) is 0 Å². The van der Waals surface area contributed by atoms with Crippen molar-refractivity contribution in [2.75, 3.05) is 37.9 Å². The Kier molecular flexibility index (Phi) is 7.05. The quantitative estimate of drug-likeness (QED) is 0.514. The van der Waals surface area contributed by atoms with Crippen molar-refractivity contribution in [3.63, 3.8) is 0 Å². The molecule has 1 saturated carbocycles. The molecule has 0 bridgehead atoms. The number of anilines is 1. The van der Waals surface area contributed by atoms with Gasteiger partial charge in [-0.05, 0) is 36.5 Å². The van der Waals surface area contributed by atoms with Gasteiger partial charge in [0.25, 0.3) is 0 Å². The molecule has 0 aromatic carbocycles. The fourth-order valence-electron chi connectivity index (χ4n) is 4.07. The van der Waals surface area contributed by atoms with E-state index in [2.05, 4.69) is 20.1 Å². The largest absolute Gasteiger partial charge is 0.378 e. The molecule has 182 valence electrons. The molecular weight excluding hydrogens is 468 g/mol. The van der Waals surface area contributed by atoms with Gasteiger partial charge in [0, 0.05) is 26.3 Å². The summed E-state index contributed by atoms with van der Waals surface area (Å²) in [5, 5.41) is 7.64. The van der Waals surface area contributed by atoms with Gasteiger partial charge in [-0.25, -0.2) is 26.5 Å². The molecule has 2 aromatic rings. The van der Waals surface area contributed by atoms with E-state index in [1.54, 1.807) is 6.07 Å². The van der Waals surface area contributed by atoms with E-state index >= 15 is 0 Å². The third-order valence-corrected chi connectivity index (χ3v) is 8.80. The Morgan fingerprint density at radius 2 is 1.97 bits per heavy atom. The molecule has 0 amide bonds. The third kappa shape index (κ3) is 5.54. The zero-order valence-corrected chi connectivity index (χ0v) is 20.4. The summed E-state index contributed by atoms with van der Waals surface area (Å²) in [5.41, 5.74) is 2.37. The lowest BCUT2D eigenvalue weighted by molar-refractivity contribution is 0.0346. The lowest BCUT2D eigenvalue weighted by Gasteiger charge is -2.34. The molecule has 1 unspecified atom stereocenters. The molecule has 11 nitrogen and oxygen atoms in total. The van der Waals surface area contributed by atoms with Crippen LogP contribution >= 0.6 is 0 Å². The minimum Gasteiger partial charge on any atom is -0.378 e. The van der Waals surface area contributed by atoms with Crippen molar-refractivity contribution in [2.24, 2.45) is 7.05 Å². The van der Waals surface area contributed by atoms with Gasteiger partial charge in [-0.1, -0.05) is 6.42 Å². The number of ether oxygens (including phenoxy) is 1. The number of hydrogen-bond acceptors (Lipinski definition) is 8. The second kappa shape index (κ2) is 9.66. The molecule has 1 aliphatic heterocycles. The molecule has 4 rings (SSSR count). The van der Waals surface area contributed by atoms with Crippen LogP contribution in [0.3, 0.4) is 0 Å². The molecule has 1 atom stereocenters. The van der Waals surface area contributed by atoms with Crippen LogP contribution < -0.4 is 10.0 Å². The maximum Gasteiger partial charge on any atom is 0.245 e. The van der Waals surface area contributed by atoms with Crippen molar-refractivity contribution >= 4 is 25.9 Å². The zero-order valence-electron chi connectivity index (χ0n) is 18.8. The van der Waals surface area contributed by atoms with Gasteiger partial charge in [0.2, 0.25) is 20.0 Å². The number of morpholine rings is 1. The Bertz CT molecular complexity index is 1180. The second-order valence-electron chi connectivity index (χ2n) is 8.50. The molecule has 0 spiro atoms. The molecule has 3 heterocycles. The lowest BCUT2D eigenvalue weighted by Crippen LogP contribution is -2.53. The van der Waals surface area contributed by atoms with E-state index in [0.29, 0.717) is 18.3 Å². The SMILES string of the molecule is Cn1ncc(C2CCC2)c1CNc1ccc(S(=O)(=O)N2CCOCC2CNS(C)(=O)=O)cn1. The minimum absolute atomic E-state index is 0.0509. The molecule has 2 aromatic heterocycles. The highest BCUT2D eigenvalue weighted by Gasteiger charge is 2.34. The molecule has 13 heteroatoms. The van der Waals surface area contributed by atoms with E-state index in [1.165, 1.54) is 41.4 Å². The summed E-state index contributed by atoms with van der Waals surface area (Å²) in [5.74, 6) is 1.13. The smallest absolute Gasteiger partial charge is 0.245 e. The summed E-state index contributed by atoms with van der Waals surface area (Å²) < 4.78 is 60.2. The van der Waals surface area contributed by atoms with Crippen LogP contribution in [0.15, 0.2) is 29.4 Å². The maximum atomic E-state index is 13.2. The van der Waals surface area contributed by atoms with Gasteiger partial charge in [0.15, 0.2) is 0 Å². The first-order valence-corrected chi connectivity index (χ1v) is 14.2. The number of nitrogens with one attached hydrogen (secondary N) is 2. The van der Waals surface area contributed by atoms with Crippen LogP contribution in [-0.4, -0.2) is 74.5 Å². The normalized spacial score (nSPS) is 20.5. The van der Waals surface area contributed by atoms with Crippen LogP contribution in [0.1, 0.15) is 36.4 Å². The van der Waals surface area contributed by atoms with E-state index in [4.69, 9.17) is 4.74 Å². The number of pyridine rings is 1.